The molecule has 37 heavy (non-hydrogen) atoms. The van der Waals surface area contributed by atoms with Gasteiger partial charge in [-0.2, -0.15) is 5.10 Å². The lowest BCUT2D eigenvalue weighted by molar-refractivity contribution is 0.0989. The first-order valence-corrected chi connectivity index (χ1v) is 11.2. The molecule has 1 aromatic heterocycles. The van der Waals surface area contributed by atoms with Gasteiger partial charge >= 0.3 is 6.03 Å². The van der Waals surface area contributed by atoms with E-state index in [1.807, 2.05) is 18.2 Å². The number of hydrogen-bond acceptors (Lipinski definition) is 6. The van der Waals surface area contributed by atoms with E-state index in [0.717, 1.165) is 0 Å². The summed E-state index contributed by atoms with van der Waals surface area (Å²) in [5.41, 5.74) is 1.98. The third-order valence-electron chi connectivity index (χ3n) is 5.48. The molecule has 4 rings (SSSR count). The molecule has 2 amide bonds. The maximum atomic E-state index is 14.6. The lowest BCUT2D eigenvalue weighted by atomic mass is 10.0. The topological polar surface area (TPSA) is 104 Å². The summed E-state index contributed by atoms with van der Waals surface area (Å²) < 4.78 is 32.1. The van der Waals surface area contributed by atoms with Crippen LogP contribution in [-0.4, -0.2) is 42.9 Å². The zero-order valence-corrected chi connectivity index (χ0v) is 20.4. The zero-order valence-electron chi connectivity index (χ0n) is 20.4. The Hall–Kier alpha value is -4.86. The first kappa shape index (κ1) is 25.2. The molecular formula is C27H25FN4O5. The van der Waals surface area contributed by atoms with Crippen molar-refractivity contribution in [1.82, 2.24) is 9.78 Å². The molecule has 10 heteroatoms. The van der Waals surface area contributed by atoms with E-state index in [0.29, 0.717) is 39.9 Å². The Labute approximate surface area is 212 Å². The van der Waals surface area contributed by atoms with Crippen molar-refractivity contribution >= 4 is 23.2 Å². The highest BCUT2D eigenvalue weighted by Crippen LogP contribution is 2.38. The van der Waals surface area contributed by atoms with Crippen LogP contribution in [0.15, 0.2) is 73.1 Å². The number of halogens is 1. The molecule has 0 saturated carbocycles. The van der Waals surface area contributed by atoms with Crippen molar-refractivity contribution in [1.29, 1.82) is 0 Å². The first-order chi connectivity index (χ1) is 17.9. The molecule has 190 valence electrons. The number of rotatable bonds is 9. The average molecular weight is 505 g/mol. The van der Waals surface area contributed by atoms with Gasteiger partial charge in [-0.1, -0.05) is 18.2 Å². The minimum atomic E-state index is -0.658. The number of ketones is 1. The highest BCUT2D eigenvalue weighted by atomic mass is 19.1. The fourth-order valence-corrected chi connectivity index (χ4v) is 3.73. The second kappa shape index (κ2) is 11.3. The Balaban J connectivity index is 1.51. The Morgan fingerprint density at radius 1 is 0.892 bits per heavy atom. The number of benzene rings is 3. The van der Waals surface area contributed by atoms with Gasteiger partial charge in [0.05, 0.1) is 50.7 Å². The van der Waals surface area contributed by atoms with Crippen molar-refractivity contribution in [2.45, 2.75) is 6.42 Å². The molecule has 0 spiro atoms. The van der Waals surface area contributed by atoms with Gasteiger partial charge < -0.3 is 24.8 Å². The van der Waals surface area contributed by atoms with Crippen LogP contribution in [0.25, 0.3) is 5.69 Å². The third-order valence-corrected chi connectivity index (χ3v) is 5.48. The quantitative estimate of drug-likeness (QED) is 0.307. The van der Waals surface area contributed by atoms with Crippen LogP contribution in [0.1, 0.15) is 15.9 Å². The minimum absolute atomic E-state index is 0.0946. The number of amides is 2. The summed E-state index contributed by atoms with van der Waals surface area (Å²) in [6, 6.07) is 15.9. The third kappa shape index (κ3) is 5.87. The lowest BCUT2D eigenvalue weighted by Crippen LogP contribution is -2.18. The Kier molecular flexibility index (Phi) is 7.68. The standard InChI is InChI=1S/C27H25FN4O5/c1-35-24-12-17(13-25(36-2)26(24)37-3)11-23(33)21-14-20(9-10-22(21)28)32-16-19(15-29-32)31-27(34)30-18-7-5-4-6-8-18/h4-10,12-16H,11H2,1-3H3,(H2,30,31,34). The average Bonchev–Trinajstić information content (AvgIpc) is 3.36. The summed E-state index contributed by atoms with van der Waals surface area (Å²) in [5, 5.41) is 9.61. The number of carbonyl (C=O) groups excluding carboxylic acids is 2. The Morgan fingerprint density at radius 3 is 2.22 bits per heavy atom. The molecule has 3 aromatic carbocycles. The summed E-state index contributed by atoms with van der Waals surface area (Å²) in [7, 11) is 4.44. The maximum Gasteiger partial charge on any atom is 0.323 e. The summed E-state index contributed by atoms with van der Waals surface area (Å²) in [6.07, 6.45) is 2.92. The number of urea groups is 1. The molecule has 0 aliphatic heterocycles. The van der Waals surface area contributed by atoms with Crippen LogP contribution < -0.4 is 24.8 Å². The molecule has 2 N–H and O–H groups in total. The molecule has 0 aliphatic carbocycles. The monoisotopic (exact) mass is 504 g/mol. The molecule has 0 radical (unpaired) electrons. The van der Waals surface area contributed by atoms with Gasteiger partial charge in [0.15, 0.2) is 17.3 Å². The van der Waals surface area contributed by atoms with Crippen LogP contribution in [-0.2, 0) is 6.42 Å². The summed E-state index contributed by atoms with van der Waals surface area (Å²) in [4.78, 5) is 25.3. The van der Waals surface area contributed by atoms with Crippen LogP contribution in [0.3, 0.4) is 0 Å². The fraction of sp³-hybridized carbons (Fsp3) is 0.148. The van der Waals surface area contributed by atoms with Gasteiger partial charge in [0.25, 0.3) is 0 Å². The highest BCUT2D eigenvalue weighted by molar-refractivity contribution is 6.00. The number of aromatic nitrogens is 2. The molecule has 0 aliphatic rings. The number of Topliss-reactive ketones (excluding diaryl/α,β-unsaturated/α-hetero) is 1. The molecule has 0 unspecified atom stereocenters. The highest BCUT2D eigenvalue weighted by Gasteiger charge is 2.18. The van der Waals surface area contributed by atoms with E-state index in [4.69, 9.17) is 14.2 Å². The zero-order chi connectivity index (χ0) is 26.4. The van der Waals surface area contributed by atoms with Crippen LogP contribution in [0, 0.1) is 5.82 Å². The minimum Gasteiger partial charge on any atom is -0.493 e. The first-order valence-electron chi connectivity index (χ1n) is 11.2. The summed E-state index contributed by atoms with van der Waals surface area (Å²) >= 11 is 0. The number of nitrogens with one attached hydrogen (secondary N) is 2. The molecule has 4 aromatic rings. The normalized spacial score (nSPS) is 10.5. The van der Waals surface area contributed by atoms with E-state index in [2.05, 4.69) is 15.7 Å². The number of para-hydroxylation sites is 1. The van der Waals surface area contributed by atoms with E-state index in [1.54, 1.807) is 30.5 Å². The van der Waals surface area contributed by atoms with Gasteiger partial charge in [0.2, 0.25) is 5.75 Å². The molecule has 0 saturated heterocycles. The second-order valence-corrected chi connectivity index (χ2v) is 7.92. The number of hydrogen-bond donors (Lipinski definition) is 2. The maximum absolute atomic E-state index is 14.6. The number of carbonyl (C=O) groups is 2. The molecule has 0 fully saturated rings. The van der Waals surface area contributed by atoms with Gasteiger partial charge in [-0.15, -0.1) is 0 Å². The van der Waals surface area contributed by atoms with Crippen molar-refractivity contribution in [2.75, 3.05) is 32.0 Å². The fourth-order valence-electron chi connectivity index (χ4n) is 3.73. The van der Waals surface area contributed by atoms with E-state index >= 15 is 0 Å². The molecular weight excluding hydrogens is 479 g/mol. The number of nitrogens with zero attached hydrogens (tertiary/aromatic N) is 2. The summed E-state index contributed by atoms with van der Waals surface area (Å²) in [6.45, 7) is 0. The van der Waals surface area contributed by atoms with Gasteiger partial charge in [-0.05, 0) is 48.0 Å². The SMILES string of the molecule is COc1cc(CC(=O)c2cc(-n3cc(NC(=O)Nc4ccccc4)cn3)ccc2F)cc(OC)c1OC. The largest absolute Gasteiger partial charge is 0.493 e. The van der Waals surface area contributed by atoms with Gasteiger partial charge in [-0.25, -0.2) is 13.9 Å². The Morgan fingerprint density at radius 2 is 1.57 bits per heavy atom. The van der Waals surface area contributed by atoms with E-state index in [-0.39, 0.29) is 12.0 Å². The van der Waals surface area contributed by atoms with Crippen molar-refractivity contribution in [3.8, 4) is 22.9 Å². The van der Waals surface area contributed by atoms with E-state index < -0.39 is 17.6 Å². The number of anilines is 2. The Bertz CT molecular complexity index is 1400. The molecule has 1 heterocycles. The van der Waals surface area contributed by atoms with Gasteiger partial charge in [0, 0.05) is 12.1 Å². The number of ether oxygens (including phenoxy) is 3. The van der Waals surface area contributed by atoms with Crippen LogP contribution in [0.2, 0.25) is 0 Å². The van der Waals surface area contributed by atoms with E-state index in [1.165, 1.54) is 50.4 Å². The van der Waals surface area contributed by atoms with E-state index in [9.17, 15) is 14.0 Å². The predicted molar refractivity (Wildman–Crippen MR) is 137 cm³/mol. The molecule has 9 nitrogen and oxygen atoms in total. The van der Waals surface area contributed by atoms with Crippen LogP contribution in [0.5, 0.6) is 17.2 Å². The van der Waals surface area contributed by atoms with Gasteiger partial charge in [-0.3, -0.25) is 4.79 Å². The van der Waals surface area contributed by atoms with Crippen molar-refractivity contribution in [3.05, 3.63) is 90.0 Å². The van der Waals surface area contributed by atoms with Crippen LogP contribution in [0.4, 0.5) is 20.6 Å². The van der Waals surface area contributed by atoms with Crippen molar-refractivity contribution < 1.29 is 28.2 Å². The summed E-state index contributed by atoms with van der Waals surface area (Å²) in [5.74, 6) is 0.0868. The molecule has 0 bridgehead atoms. The van der Waals surface area contributed by atoms with Crippen LogP contribution >= 0.6 is 0 Å². The smallest absolute Gasteiger partial charge is 0.323 e. The van der Waals surface area contributed by atoms with Crippen molar-refractivity contribution in [3.63, 3.8) is 0 Å². The second-order valence-electron chi connectivity index (χ2n) is 7.92. The van der Waals surface area contributed by atoms with Gasteiger partial charge in [0.1, 0.15) is 5.82 Å². The number of methoxy groups -OCH3 is 3. The van der Waals surface area contributed by atoms with Crippen molar-refractivity contribution in [2.24, 2.45) is 0 Å². The predicted octanol–water partition coefficient (Wildman–Crippen LogP) is 5.11. The lowest BCUT2D eigenvalue weighted by Gasteiger charge is -2.14. The molecule has 0 atom stereocenters.